The van der Waals surface area contributed by atoms with Crippen molar-refractivity contribution in [3.05, 3.63) is 218 Å². The smallest absolute Gasteiger partial charge is 0.0728 e. The lowest BCUT2D eigenvalue weighted by Crippen LogP contribution is -2.28. The highest BCUT2D eigenvalue weighted by molar-refractivity contribution is 6.18. The highest BCUT2D eigenvalue weighted by atomic mass is 15.2. The van der Waals surface area contributed by atoms with Gasteiger partial charge < -0.3 is 4.90 Å². The van der Waals surface area contributed by atoms with Gasteiger partial charge in [-0.25, -0.2) is 9.97 Å². The van der Waals surface area contributed by atoms with E-state index in [1.165, 1.54) is 38.8 Å². The van der Waals surface area contributed by atoms with Gasteiger partial charge in [-0.05, 0) is 81.1 Å². The van der Waals surface area contributed by atoms with Crippen molar-refractivity contribution < 1.29 is 0 Å². The van der Waals surface area contributed by atoms with Gasteiger partial charge in [-0.1, -0.05) is 170 Å². The minimum atomic E-state index is 0.254. The van der Waals surface area contributed by atoms with Gasteiger partial charge in [-0.15, -0.1) is 0 Å². The summed E-state index contributed by atoms with van der Waals surface area (Å²) in [6.07, 6.45) is 9.00. The summed E-state index contributed by atoms with van der Waals surface area (Å²) in [5, 5.41) is 3.51. The maximum atomic E-state index is 5.39. The predicted octanol–water partition coefficient (Wildman–Crippen LogP) is 13.8. The Bertz CT molecular complexity index is 3000. The van der Waals surface area contributed by atoms with Crippen molar-refractivity contribution in [3.8, 4) is 56.0 Å². The van der Waals surface area contributed by atoms with E-state index in [1.807, 2.05) is 0 Å². The van der Waals surface area contributed by atoms with Crippen LogP contribution in [0.4, 0.5) is 11.4 Å². The topological polar surface area (TPSA) is 29.0 Å². The lowest BCUT2D eigenvalue weighted by atomic mass is 9.90. The summed E-state index contributed by atoms with van der Waals surface area (Å²) in [5.74, 6) is 0.344. The van der Waals surface area contributed by atoms with E-state index in [0.29, 0.717) is 5.92 Å². The van der Waals surface area contributed by atoms with E-state index in [9.17, 15) is 0 Å². The molecule has 0 fully saturated rings. The number of pyridine rings is 2. The summed E-state index contributed by atoms with van der Waals surface area (Å²) in [4.78, 5) is 13.2. The standard InChI is InChI=1S/C54H37N3/c1-4-16-36(17-5-1)47-35-50(38-20-8-3-9-21-38)56-51-34-46(42-22-10-11-25-45(42)54(47)51)40-32-48(37-18-6-2-7-19-37)55-49(33-40)39-28-30-41(31-29-39)57-52-26-14-12-23-43(52)44-24-13-15-27-53(44)57/h1-35,43,52H. The number of para-hydroxylation sites is 1. The van der Waals surface area contributed by atoms with Crippen LogP contribution < -0.4 is 4.90 Å². The van der Waals surface area contributed by atoms with E-state index < -0.39 is 0 Å². The molecule has 3 nitrogen and oxygen atoms in total. The molecule has 2 aliphatic rings. The molecule has 0 saturated carbocycles. The lowest BCUT2D eigenvalue weighted by molar-refractivity contribution is 0.745. The molecule has 3 heterocycles. The number of aromatic nitrogens is 2. The fraction of sp³-hybridized carbons (Fsp3) is 0.0370. The highest BCUT2D eigenvalue weighted by Crippen LogP contribution is 2.48. The Morgan fingerprint density at radius 2 is 0.965 bits per heavy atom. The van der Waals surface area contributed by atoms with Crippen LogP contribution in [0.3, 0.4) is 0 Å². The minimum Gasteiger partial charge on any atom is -0.333 e. The van der Waals surface area contributed by atoms with Crippen LogP contribution in [0.2, 0.25) is 0 Å². The van der Waals surface area contributed by atoms with Crippen LogP contribution in [0.15, 0.2) is 212 Å². The molecule has 268 valence electrons. The largest absolute Gasteiger partial charge is 0.333 e. The Labute approximate surface area is 332 Å². The normalized spacial score (nSPS) is 15.5. The fourth-order valence-corrected chi connectivity index (χ4v) is 8.92. The average Bonchev–Trinajstić information content (AvgIpc) is 3.63. The Hall–Kier alpha value is -7.36. The molecule has 0 radical (unpaired) electrons. The maximum absolute atomic E-state index is 5.39. The summed E-state index contributed by atoms with van der Waals surface area (Å²) >= 11 is 0. The lowest BCUT2D eigenvalue weighted by Gasteiger charge is -2.28. The van der Waals surface area contributed by atoms with Crippen molar-refractivity contribution in [2.75, 3.05) is 4.90 Å². The molecular weight excluding hydrogens is 691 g/mol. The van der Waals surface area contributed by atoms with Crippen LogP contribution in [0.5, 0.6) is 0 Å². The first-order valence-electron chi connectivity index (χ1n) is 19.7. The van der Waals surface area contributed by atoms with Crippen molar-refractivity contribution in [1.82, 2.24) is 9.97 Å². The van der Waals surface area contributed by atoms with Gasteiger partial charge in [0.25, 0.3) is 0 Å². The number of hydrogen-bond acceptors (Lipinski definition) is 3. The monoisotopic (exact) mass is 727 g/mol. The SMILES string of the molecule is C1=CC2c3ccccc3N(c3ccc(-c4cc(-c5cc6nc(-c7ccccc7)cc(-c7ccccc7)c6c6ccccc56)cc(-c5ccccc5)n4)cc3)C2C=C1. The first-order chi connectivity index (χ1) is 28.3. The molecule has 0 N–H and O–H groups in total. The Morgan fingerprint density at radius 3 is 1.67 bits per heavy atom. The molecule has 9 aromatic rings. The van der Waals surface area contributed by atoms with Crippen molar-refractivity contribution >= 4 is 33.1 Å². The van der Waals surface area contributed by atoms with Gasteiger partial charge >= 0.3 is 0 Å². The first-order valence-corrected chi connectivity index (χ1v) is 19.7. The van der Waals surface area contributed by atoms with Crippen molar-refractivity contribution in [2.45, 2.75) is 12.0 Å². The molecule has 2 atom stereocenters. The van der Waals surface area contributed by atoms with E-state index in [1.54, 1.807) is 0 Å². The molecule has 0 spiro atoms. The summed E-state index contributed by atoms with van der Waals surface area (Å²) in [7, 11) is 0. The van der Waals surface area contributed by atoms with Gasteiger partial charge in [0.15, 0.2) is 0 Å². The molecule has 3 heteroatoms. The van der Waals surface area contributed by atoms with E-state index in [0.717, 1.165) is 55.8 Å². The second-order valence-electron chi connectivity index (χ2n) is 14.9. The molecule has 0 bridgehead atoms. The van der Waals surface area contributed by atoms with E-state index in [-0.39, 0.29) is 6.04 Å². The van der Waals surface area contributed by atoms with Crippen LogP contribution in [0.1, 0.15) is 11.5 Å². The minimum absolute atomic E-state index is 0.254. The van der Waals surface area contributed by atoms with E-state index in [4.69, 9.17) is 9.97 Å². The van der Waals surface area contributed by atoms with Gasteiger partial charge in [0.1, 0.15) is 0 Å². The van der Waals surface area contributed by atoms with Crippen LogP contribution >= 0.6 is 0 Å². The Kier molecular flexibility index (Phi) is 7.96. The zero-order valence-corrected chi connectivity index (χ0v) is 31.2. The number of anilines is 2. The molecular formula is C54H37N3. The molecule has 2 unspecified atom stereocenters. The third-order valence-corrected chi connectivity index (χ3v) is 11.6. The fourth-order valence-electron chi connectivity index (χ4n) is 8.92. The van der Waals surface area contributed by atoms with E-state index >= 15 is 0 Å². The molecule has 1 aliphatic heterocycles. The van der Waals surface area contributed by atoms with Gasteiger partial charge in [0, 0.05) is 39.4 Å². The van der Waals surface area contributed by atoms with Gasteiger partial charge in [0.05, 0.1) is 28.6 Å². The molecule has 7 aromatic carbocycles. The number of fused-ring (bicyclic) bond motifs is 6. The number of rotatable bonds is 6. The molecule has 1 aliphatic carbocycles. The summed E-state index contributed by atoms with van der Waals surface area (Å²) in [5.41, 5.74) is 15.4. The maximum Gasteiger partial charge on any atom is 0.0728 e. The second kappa shape index (κ2) is 13.7. The highest BCUT2D eigenvalue weighted by Gasteiger charge is 2.37. The van der Waals surface area contributed by atoms with Gasteiger partial charge in [-0.3, -0.25) is 0 Å². The van der Waals surface area contributed by atoms with Gasteiger partial charge in [-0.2, -0.15) is 0 Å². The van der Waals surface area contributed by atoms with Gasteiger partial charge in [0.2, 0.25) is 0 Å². The summed E-state index contributed by atoms with van der Waals surface area (Å²) in [6.45, 7) is 0. The zero-order valence-electron chi connectivity index (χ0n) is 31.2. The van der Waals surface area contributed by atoms with Crippen LogP contribution in [0, 0.1) is 0 Å². The third-order valence-electron chi connectivity index (χ3n) is 11.6. The Morgan fingerprint density at radius 1 is 0.404 bits per heavy atom. The molecule has 57 heavy (non-hydrogen) atoms. The number of nitrogens with zero attached hydrogens (tertiary/aromatic N) is 3. The molecule has 0 saturated heterocycles. The summed E-state index contributed by atoms with van der Waals surface area (Å²) in [6, 6.07) is 67.5. The average molecular weight is 728 g/mol. The number of benzene rings is 7. The van der Waals surface area contributed by atoms with Crippen molar-refractivity contribution in [3.63, 3.8) is 0 Å². The van der Waals surface area contributed by atoms with Crippen molar-refractivity contribution in [2.24, 2.45) is 0 Å². The number of hydrogen-bond donors (Lipinski definition) is 0. The molecule has 0 amide bonds. The quantitative estimate of drug-likeness (QED) is 0.160. The predicted molar refractivity (Wildman–Crippen MR) is 238 cm³/mol. The molecule has 2 aromatic heterocycles. The molecule has 11 rings (SSSR count). The van der Waals surface area contributed by atoms with Crippen LogP contribution in [0.25, 0.3) is 77.7 Å². The summed E-state index contributed by atoms with van der Waals surface area (Å²) < 4.78 is 0. The zero-order chi connectivity index (χ0) is 37.7. The number of allylic oxidation sites excluding steroid dienone is 2. The van der Waals surface area contributed by atoms with E-state index in [2.05, 4.69) is 217 Å². The van der Waals surface area contributed by atoms with Crippen LogP contribution in [-0.4, -0.2) is 16.0 Å². The first kappa shape index (κ1) is 33.0. The second-order valence-corrected chi connectivity index (χ2v) is 14.9. The Balaban J connectivity index is 1.10. The third kappa shape index (κ3) is 5.75. The van der Waals surface area contributed by atoms with Crippen molar-refractivity contribution in [1.29, 1.82) is 0 Å². The van der Waals surface area contributed by atoms with Crippen LogP contribution in [-0.2, 0) is 0 Å².